The lowest BCUT2D eigenvalue weighted by Gasteiger charge is -2.22. The number of rotatable bonds is 84. The summed E-state index contributed by atoms with van der Waals surface area (Å²) in [5, 5.41) is 23.5. The number of hydrogen-bond acceptors (Lipinski definition) is 5. The average molecular weight is 1340 g/mol. The summed E-state index contributed by atoms with van der Waals surface area (Å²) in [4.78, 5) is 24.7. The molecular weight excluding hydrogens is 1160 g/mol. The second-order valence-corrected chi connectivity index (χ2v) is 30.6. The second-order valence-electron chi connectivity index (χ2n) is 30.6. The number of hydrogen-bond donors (Lipinski definition) is 3. The van der Waals surface area contributed by atoms with E-state index in [-0.39, 0.29) is 18.5 Å². The van der Waals surface area contributed by atoms with E-state index in [4.69, 9.17) is 4.74 Å². The van der Waals surface area contributed by atoms with Crippen LogP contribution in [-0.4, -0.2) is 47.4 Å². The fraction of sp³-hybridized carbons (Fsp3) is 0.933. The lowest BCUT2D eigenvalue weighted by Crippen LogP contribution is -2.45. The van der Waals surface area contributed by atoms with Crippen molar-refractivity contribution in [3.05, 3.63) is 24.3 Å². The number of allylic oxidation sites excluding steroid dienone is 4. The Labute approximate surface area is 596 Å². The number of carbonyl (C=O) groups is 2. The molecule has 0 bridgehead atoms. The summed E-state index contributed by atoms with van der Waals surface area (Å²) >= 11 is 0. The summed E-state index contributed by atoms with van der Waals surface area (Å²) in [6, 6.07) is -0.540. The number of aliphatic hydroxyl groups is 2. The van der Waals surface area contributed by atoms with E-state index in [0.717, 1.165) is 44.9 Å². The Morgan fingerprint density at radius 2 is 0.526 bits per heavy atom. The van der Waals surface area contributed by atoms with E-state index in [1.54, 1.807) is 0 Å². The molecule has 564 valence electrons. The first-order chi connectivity index (χ1) is 47.0. The van der Waals surface area contributed by atoms with Gasteiger partial charge in [-0.3, -0.25) is 9.59 Å². The van der Waals surface area contributed by atoms with Gasteiger partial charge >= 0.3 is 5.97 Å². The van der Waals surface area contributed by atoms with Crippen LogP contribution in [0.2, 0.25) is 0 Å². The van der Waals surface area contributed by atoms with Crippen molar-refractivity contribution < 1.29 is 24.5 Å². The molecule has 0 heterocycles. The number of esters is 1. The summed E-state index contributed by atoms with van der Waals surface area (Å²) < 4.78 is 5.51. The summed E-state index contributed by atoms with van der Waals surface area (Å²) in [7, 11) is 0. The van der Waals surface area contributed by atoms with Crippen LogP contribution in [-0.2, 0) is 14.3 Å². The Morgan fingerprint density at radius 1 is 0.295 bits per heavy atom. The number of amides is 1. The predicted octanol–water partition coefficient (Wildman–Crippen LogP) is 29.6. The zero-order chi connectivity index (χ0) is 68.4. The molecule has 95 heavy (non-hydrogen) atoms. The molecule has 0 spiro atoms. The van der Waals surface area contributed by atoms with Gasteiger partial charge in [-0.05, 0) is 57.8 Å². The maximum Gasteiger partial charge on any atom is 0.305 e. The normalized spacial score (nSPS) is 12.5. The third kappa shape index (κ3) is 81.2. The lowest BCUT2D eigenvalue weighted by atomic mass is 10.0. The molecule has 0 aromatic carbocycles. The molecule has 0 saturated heterocycles. The summed E-state index contributed by atoms with van der Waals surface area (Å²) in [6.45, 7) is 5.02. The van der Waals surface area contributed by atoms with E-state index in [1.165, 1.54) is 430 Å². The van der Waals surface area contributed by atoms with Gasteiger partial charge in [-0.25, -0.2) is 0 Å². The van der Waals surface area contributed by atoms with Gasteiger partial charge in [0, 0.05) is 12.8 Å². The molecule has 2 unspecified atom stereocenters. The summed E-state index contributed by atoms with van der Waals surface area (Å²) in [6.07, 6.45) is 110. The van der Waals surface area contributed by atoms with Crippen LogP contribution in [0, 0.1) is 0 Å². The molecule has 0 radical (unpaired) electrons. The van der Waals surface area contributed by atoms with Crippen LogP contribution in [0.3, 0.4) is 0 Å². The average Bonchev–Trinajstić information content (AvgIpc) is 2.65. The highest BCUT2D eigenvalue weighted by atomic mass is 16.5. The highest BCUT2D eigenvalue weighted by Crippen LogP contribution is 2.21. The highest BCUT2D eigenvalue weighted by molar-refractivity contribution is 5.76. The van der Waals surface area contributed by atoms with Crippen molar-refractivity contribution in [3.63, 3.8) is 0 Å². The van der Waals surface area contributed by atoms with Crippen molar-refractivity contribution in [3.8, 4) is 0 Å². The largest absolute Gasteiger partial charge is 0.466 e. The van der Waals surface area contributed by atoms with Crippen LogP contribution in [0.25, 0.3) is 0 Å². The first-order valence-electron chi connectivity index (χ1n) is 44.1. The molecule has 0 rings (SSSR count). The molecule has 0 saturated carbocycles. The Kier molecular flexibility index (Phi) is 83.3. The topological polar surface area (TPSA) is 95.9 Å². The third-order valence-electron chi connectivity index (χ3n) is 21.0. The van der Waals surface area contributed by atoms with Crippen molar-refractivity contribution in [2.75, 3.05) is 13.2 Å². The monoisotopic (exact) mass is 1340 g/mol. The van der Waals surface area contributed by atoms with Gasteiger partial charge in [-0.15, -0.1) is 0 Å². The second kappa shape index (κ2) is 84.8. The van der Waals surface area contributed by atoms with E-state index >= 15 is 0 Å². The van der Waals surface area contributed by atoms with Crippen LogP contribution in [0.5, 0.6) is 0 Å². The number of unbranched alkanes of at least 4 members (excludes halogenated alkanes) is 69. The smallest absolute Gasteiger partial charge is 0.305 e. The molecule has 1 amide bonds. The van der Waals surface area contributed by atoms with Gasteiger partial charge in [0.05, 0.1) is 25.4 Å². The van der Waals surface area contributed by atoms with Gasteiger partial charge in [0.2, 0.25) is 5.91 Å². The zero-order valence-corrected chi connectivity index (χ0v) is 64.9. The van der Waals surface area contributed by atoms with Gasteiger partial charge in [0.1, 0.15) is 0 Å². The quantitative estimate of drug-likeness (QED) is 0.0320. The Hall–Kier alpha value is -1.66. The maximum absolute atomic E-state index is 12.6. The van der Waals surface area contributed by atoms with Crippen molar-refractivity contribution >= 4 is 11.9 Å². The number of carbonyl (C=O) groups excluding carboxylic acids is 2. The molecule has 0 aliphatic rings. The first-order valence-corrected chi connectivity index (χ1v) is 44.1. The van der Waals surface area contributed by atoms with Crippen LogP contribution in [0.1, 0.15) is 508 Å². The first kappa shape index (κ1) is 93.3. The molecule has 3 N–H and O–H groups in total. The number of aliphatic hydroxyl groups excluding tert-OH is 2. The van der Waals surface area contributed by atoms with Crippen molar-refractivity contribution in [2.45, 2.75) is 520 Å². The zero-order valence-electron chi connectivity index (χ0n) is 64.9. The van der Waals surface area contributed by atoms with Crippen LogP contribution >= 0.6 is 0 Å². The minimum atomic E-state index is -0.664. The van der Waals surface area contributed by atoms with E-state index in [0.29, 0.717) is 25.9 Å². The minimum absolute atomic E-state index is 0.0250. The Bertz CT molecular complexity index is 1500. The van der Waals surface area contributed by atoms with Gasteiger partial charge in [0.25, 0.3) is 0 Å². The fourth-order valence-corrected chi connectivity index (χ4v) is 14.3. The predicted molar refractivity (Wildman–Crippen MR) is 421 cm³/mol. The molecular formula is C89H173NO5. The van der Waals surface area contributed by atoms with E-state index < -0.39 is 12.1 Å². The van der Waals surface area contributed by atoms with Crippen LogP contribution < -0.4 is 5.32 Å². The summed E-state index contributed by atoms with van der Waals surface area (Å²) in [5.74, 6) is -0.000637. The van der Waals surface area contributed by atoms with Crippen molar-refractivity contribution in [2.24, 2.45) is 0 Å². The van der Waals surface area contributed by atoms with Crippen LogP contribution in [0.4, 0.5) is 0 Å². The fourth-order valence-electron chi connectivity index (χ4n) is 14.3. The van der Waals surface area contributed by atoms with E-state index in [2.05, 4.69) is 43.5 Å². The van der Waals surface area contributed by atoms with E-state index in [9.17, 15) is 19.8 Å². The lowest BCUT2D eigenvalue weighted by molar-refractivity contribution is -0.143. The molecule has 0 aromatic heterocycles. The minimum Gasteiger partial charge on any atom is -0.466 e. The van der Waals surface area contributed by atoms with Crippen LogP contribution in [0.15, 0.2) is 24.3 Å². The van der Waals surface area contributed by atoms with Gasteiger partial charge < -0.3 is 20.3 Å². The van der Waals surface area contributed by atoms with Gasteiger partial charge in [0.15, 0.2) is 0 Å². The van der Waals surface area contributed by atoms with Crippen molar-refractivity contribution in [1.29, 1.82) is 0 Å². The number of ether oxygens (including phenoxy) is 1. The Balaban J connectivity index is 3.34. The summed E-state index contributed by atoms with van der Waals surface area (Å²) in [5.41, 5.74) is 0. The third-order valence-corrected chi connectivity index (χ3v) is 21.0. The molecule has 2 atom stereocenters. The molecule has 0 fully saturated rings. The molecule has 0 aliphatic heterocycles. The molecule has 0 aliphatic carbocycles. The standard InChI is InChI=1S/C89H173NO5/c1-3-5-7-9-11-13-15-17-19-21-22-23-41-44-47-50-53-57-61-65-69-73-77-81-87(92)86(85-91)90-88(93)82-78-74-70-66-62-58-54-51-48-45-42-39-37-35-33-31-29-27-25-24-26-28-30-32-34-36-38-40-43-46-49-52-56-60-64-68-72-76-80-84-95-89(94)83-79-75-71-67-63-59-55-20-18-16-14-12-10-8-6-4-2/h24-25,28,30,86-87,91-92H,3-23,26-27,29,31-85H2,1-2H3,(H,90,93)/b25-24-,30-28-. The van der Waals surface area contributed by atoms with E-state index in [1.807, 2.05) is 0 Å². The van der Waals surface area contributed by atoms with Gasteiger partial charge in [-0.1, -0.05) is 462 Å². The molecule has 6 nitrogen and oxygen atoms in total. The van der Waals surface area contributed by atoms with Crippen molar-refractivity contribution in [1.82, 2.24) is 5.32 Å². The Morgan fingerprint density at radius 3 is 0.800 bits per heavy atom. The maximum atomic E-state index is 12.6. The van der Waals surface area contributed by atoms with Gasteiger partial charge in [-0.2, -0.15) is 0 Å². The highest BCUT2D eigenvalue weighted by Gasteiger charge is 2.20. The molecule has 0 aromatic rings. The number of nitrogens with one attached hydrogen (secondary N) is 1. The molecule has 6 heteroatoms. The SMILES string of the molecule is CCCCCCCCCCCCCCCCCCCCCCCCCC(O)C(CO)NC(=O)CCCCCCCCCCCCCCCCCCC/C=C\C/C=C\CCCCCCCCCCCCCCCCCOC(=O)CCCCCCCCCCCCCCCCCC.